The van der Waals surface area contributed by atoms with Gasteiger partial charge in [0.15, 0.2) is 17.4 Å². The molecule has 5 heterocycles. The molecule has 0 radical (unpaired) electrons. The van der Waals surface area contributed by atoms with Crippen molar-refractivity contribution in [2.24, 2.45) is 5.92 Å². The number of nitrogens with two attached hydrogens (primary N) is 1. The molecule has 222 valence electrons. The molecule has 9 atom stereocenters. The second-order valence-corrected chi connectivity index (χ2v) is 15.2. The van der Waals surface area contributed by atoms with Crippen LogP contribution in [0.15, 0.2) is 23.4 Å². The van der Waals surface area contributed by atoms with Crippen molar-refractivity contribution in [3.05, 3.63) is 28.9 Å². The highest BCUT2D eigenvalue weighted by molar-refractivity contribution is 8.44. The van der Waals surface area contributed by atoms with Crippen molar-refractivity contribution in [3.8, 4) is 5.88 Å². The summed E-state index contributed by atoms with van der Waals surface area (Å²) in [5, 5.41) is 18.7. The van der Waals surface area contributed by atoms with E-state index in [1.54, 1.807) is 6.07 Å². The van der Waals surface area contributed by atoms with Crippen LogP contribution in [0.1, 0.15) is 19.1 Å². The fourth-order valence-corrected chi connectivity index (χ4v) is 7.96. The molecule has 3 aromatic heterocycles. The normalized spacial score (nSPS) is 38.1. The Kier molecular flexibility index (Phi) is 7.90. The SMILES string of the molecule is Nc1nc2c(nnn2[C@@H]2O[C@@H]3CO[P@@](=O)(S)O[C@H]4C[C@H](Oc5ccncn5)C[C@@H]4CO[P@](=O)(S)O[C@@H]2[C@@H]3O)c(=O)[nH]1. The van der Waals surface area contributed by atoms with E-state index in [4.69, 9.17) is 33.3 Å². The lowest BCUT2D eigenvalue weighted by Gasteiger charge is -2.26. The number of nitrogens with zero attached hydrogens (tertiary/aromatic N) is 6. The summed E-state index contributed by atoms with van der Waals surface area (Å²) in [7, 11) is 0. The van der Waals surface area contributed by atoms with Crippen LogP contribution in [0.4, 0.5) is 5.95 Å². The van der Waals surface area contributed by atoms with E-state index >= 15 is 0 Å². The van der Waals surface area contributed by atoms with Gasteiger partial charge in [0.2, 0.25) is 11.8 Å². The highest BCUT2D eigenvalue weighted by atomic mass is 32.7. The number of hydrogen-bond donors (Lipinski definition) is 5. The Morgan fingerprint density at radius 1 is 1.15 bits per heavy atom. The second-order valence-electron chi connectivity index (χ2n) is 9.47. The van der Waals surface area contributed by atoms with Gasteiger partial charge in [0.25, 0.3) is 5.56 Å². The molecule has 2 saturated heterocycles. The summed E-state index contributed by atoms with van der Waals surface area (Å²) < 4.78 is 61.9. The average Bonchev–Trinajstić information content (AvgIpc) is 3.57. The van der Waals surface area contributed by atoms with Gasteiger partial charge in [0.05, 0.1) is 19.3 Å². The first kappa shape index (κ1) is 29.0. The summed E-state index contributed by atoms with van der Waals surface area (Å²) in [4.78, 5) is 26.5. The number of anilines is 1. The lowest BCUT2D eigenvalue weighted by Crippen LogP contribution is -2.35. The first-order chi connectivity index (χ1) is 19.5. The zero-order valence-corrected chi connectivity index (χ0v) is 24.4. The minimum absolute atomic E-state index is 0.0959. The minimum atomic E-state index is -4.19. The van der Waals surface area contributed by atoms with Crippen LogP contribution in [0.25, 0.3) is 11.2 Å². The number of aliphatic hydroxyl groups is 1. The average molecular weight is 651 g/mol. The molecule has 1 saturated carbocycles. The molecular weight excluding hydrogens is 626 g/mol. The molecule has 3 aromatic rings. The summed E-state index contributed by atoms with van der Waals surface area (Å²) >= 11 is 8.22. The van der Waals surface area contributed by atoms with E-state index in [0.29, 0.717) is 12.3 Å². The van der Waals surface area contributed by atoms with Crippen molar-refractivity contribution in [2.45, 2.75) is 49.6 Å². The van der Waals surface area contributed by atoms with Gasteiger partial charge in [0.1, 0.15) is 30.7 Å². The van der Waals surface area contributed by atoms with Gasteiger partial charge in [-0.05, 0) is 6.42 Å². The van der Waals surface area contributed by atoms with Gasteiger partial charge in [-0.15, -0.1) is 5.10 Å². The van der Waals surface area contributed by atoms with Gasteiger partial charge in [-0.2, -0.15) is 9.67 Å². The third-order valence-corrected chi connectivity index (χ3v) is 9.97. The summed E-state index contributed by atoms with van der Waals surface area (Å²) in [6.45, 7) is -8.90. The maximum atomic E-state index is 13.4. The van der Waals surface area contributed by atoms with Crippen LogP contribution in [0.5, 0.6) is 5.88 Å². The predicted molar refractivity (Wildman–Crippen MR) is 144 cm³/mol. The molecule has 6 rings (SSSR count). The summed E-state index contributed by atoms with van der Waals surface area (Å²) in [5.74, 6) is -0.377. The van der Waals surface area contributed by atoms with Crippen molar-refractivity contribution < 1.29 is 41.8 Å². The summed E-state index contributed by atoms with van der Waals surface area (Å²) in [6.07, 6.45) is -3.19. The van der Waals surface area contributed by atoms with Gasteiger partial charge in [-0.1, -0.05) is 29.7 Å². The summed E-state index contributed by atoms with van der Waals surface area (Å²) in [5.41, 5.74) is 4.74. The number of aliphatic hydroxyl groups excluding tert-OH is 1. The topological polar surface area (TPSA) is 238 Å². The molecule has 18 nitrogen and oxygen atoms in total. The lowest BCUT2D eigenvalue weighted by molar-refractivity contribution is -0.0548. The first-order valence-electron chi connectivity index (χ1n) is 12.2. The number of hydrogen-bond acceptors (Lipinski definition) is 16. The van der Waals surface area contributed by atoms with Crippen molar-refractivity contribution in [1.29, 1.82) is 0 Å². The van der Waals surface area contributed by atoms with Crippen molar-refractivity contribution in [1.82, 2.24) is 34.9 Å². The highest BCUT2D eigenvalue weighted by Crippen LogP contribution is 2.60. The molecular formula is C19H24N8O10P2S2. The maximum Gasteiger partial charge on any atom is 0.386 e. The fraction of sp³-hybridized carbons (Fsp3) is 0.579. The predicted octanol–water partition coefficient (Wildman–Crippen LogP) is 0.896. The molecule has 41 heavy (non-hydrogen) atoms. The molecule has 3 aliphatic rings. The van der Waals surface area contributed by atoms with Crippen molar-refractivity contribution >= 4 is 55.2 Å². The number of fused-ring (bicyclic) bond motifs is 4. The monoisotopic (exact) mass is 650 g/mol. The Morgan fingerprint density at radius 3 is 2.71 bits per heavy atom. The molecule has 3 fully saturated rings. The second kappa shape index (κ2) is 11.2. The Morgan fingerprint density at radius 2 is 1.93 bits per heavy atom. The zero-order chi connectivity index (χ0) is 28.9. The maximum absolute atomic E-state index is 13.4. The van der Waals surface area contributed by atoms with Crippen LogP contribution in [0.2, 0.25) is 0 Å². The van der Waals surface area contributed by atoms with Crippen LogP contribution in [0.3, 0.4) is 0 Å². The number of aromatic amines is 1. The van der Waals surface area contributed by atoms with Gasteiger partial charge in [-0.25, -0.2) is 19.1 Å². The van der Waals surface area contributed by atoms with E-state index in [9.17, 15) is 19.0 Å². The standard InChI is InChI=1S/C19H24N8O10P2S2/c20-19-23-16-13(17(29)24-19)25-26-27(16)18-15-14(28)11(35-18)6-33-38(30,40)36-10-4-9(34-12-1-2-21-7-22-12)3-8(10)5-32-39(31,41)37-15/h1-2,7-11,14-15,18,28H,3-6H2,(H,30,40)(H,31,41)(H3,20,23,24,29)/t8-,9-,10+,11-,14-,15-,18-,38-,39+/m1/s1. The van der Waals surface area contributed by atoms with Gasteiger partial charge in [0, 0.05) is 24.6 Å². The number of ether oxygens (including phenoxy) is 2. The summed E-state index contributed by atoms with van der Waals surface area (Å²) in [6, 6.07) is 1.59. The Labute approximate surface area is 241 Å². The van der Waals surface area contributed by atoms with Crippen LogP contribution < -0.4 is 16.0 Å². The van der Waals surface area contributed by atoms with Crippen molar-refractivity contribution in [2.75, 3.05) is 18.9 Å². The molecule has 2 aliphatic heterocycles. The number of aromatic nitrogens is 7. The number of nitrogen functional groups attached to an aromatic ring is 1. The first-order valence-corrected chi connectivity index (χ1v) is 17.6. The number of H-pyrrole nitrogens is 1. The number of thiol groups is 2. The Hall–Kier alpha value is -2.12. The molecule has 0 spiro atoms. The highest BCUT2D eigenvalue weighted by Gasteiger charge is 2.51. The van der Waals surface area contributed by atoms with E-state index in [1.807, 2.05) is 0 Å². The van der Waals surface area contributed by atoms with Gasteiger partial charge >= 0.3 is 13.6 Å². The van der Waals surface area contributed by atoms with E-state index in [-0.39, 0.29) is 30.1 Å². The Bertz CT molecular complexity index is 1580. The van der Waals surface area contributed by atoms with E-state index in [1.165, 1.54) is 12.5 Å². The number of rotatable bonds is 3. The number of nitrogens with one attached hydrogen (secondary N) is 1. The van der Waals surface area contributed by atoms with E-state index < -0.39 is 68.4 Å². The third-order valence-electron chi connectivity index (χ3n) is 6.71. The molecule has 0 aromatic carbocycles. The lowest BCUT2D eigenvalue weighted by atomic mass is 10.1. The van der Waals surface area contributed by atoms with Crippen LogP contribution in [0, 0.1) is 5.92 Å². The van der Waals surface area contributed by atoms with Crippen LogP contribution >= 0.6 is 38.1 Å². The molecule has 1 aliphatic carbocycles. The molecule has 0 unspecified atom stereocenters. The quantitative estimate of drug-likeness (QED) is 0.195. The molecule has 0 amide bonds. The fourth-order valence-electron chi connectivity index (χ4n) is 4.90. The van der Waals surface area contributed by atoms with E-state index in [2.05, 4.69) is 54.7 Å². The van der Waals surface area contributed by atoms with Gasteiger partial charge < -0.3 is 24.8 Å². The van der Waals surface area contributed by atoms with Crippen LogP contribution in [-0.2, 0) is 32.0 Å². The Balaban J connectivity index is 1.28. The van der Waals surface area contributed by atoms with Crippen LogP contribution in [-0.4, -0.2) is 83.8 Å². The smallest absolute Gasteiger partial charge is 0.386 e. The minimum Gasteiger partial charge on any atom is -0.474 e. The van der Waals surface area contributed by atoms with Gasteiger partial charge in [-0.3, -0.25) is 23.3 Å². The molecule has 4 N–H and O–H groups in total. The molecule has 2 bridgehead atoms. The van der Waals surface area contributed by atoms with E-state index in [0.717, 1.165) is 4.68 Å². The zero-order valence-electron chi connectivity index (χ0n) is 20.8. The largest absolute Gasteiger partial charge is 0.474 e. The molecule has 22 heteroatoms. The van der Waals surface area contributed by atoms with Crippen molar-refractivity contribution in [3.63, 3.8) is 0 Å². The third kappa shape index (κ3) is 6.17.